The first-order valence-electron chi connectivity index (χ1n) is 14.0. The van der Waals surface area contributed by atoms with Crippen LogP contribution in [0.15, 0.2) is 52.6 Å². The molecule has 2 fully saturated rings. The summed E-state index contributed by atoms with van der Waals surface area (Å²) in [6.07, 6.45) is 3.51. The average molecular weight is 603 g/mol. The van der Waals surface area contributed by atoms with Gasteiger partial charge in [-0.3, -0.25) is 4.90 Å². The summed E-state index contributed by atoms with van der Waals surface area (Å²) < 4.78 is 29.4. The van der Waals surface area contributed by atoms with Gasteiger partial charge in [0.2, 0.25) is 0 Å². The van der Waals surface area contributed by atoms with E-state index in [1.807, 2.05) is 18.2 Å². The molecule has 0 aromatic heterocycles. The van der Waals surface area contributed by atoms with Crippen LogP contribution in [0.4, 0.5) is 17.1 Å². The lowest BCUT2D eigenvalue weighted by atomic mass is 10.0. The third kappa shape index (κ3) is 7.12. The molecule has 3 aliphatic rings. The maximum Gasteiger partial charge on any atom is 0.196 e. The summed E-state index contributed by atoms with van der Waals surface area (Å²) in [5.41, 5.74) is 2.64. The van der Waals surface area contributed by atoms with Gasteiger partial charge in [-0.05, 0) is 56.5 Å². The van der Waals surface area contributed by atoms with Crippen LogP contribution in [0.3, 0.4) is 0 Å². The summed E-state index contributed by atoms with van der Waals surface area (Å²) in [5, 5.41) is 11.0. The van der Waals surface area contributed by atoms with Crippen LogP contribution in [0, 0.1) is 0 Å². The van der Waals surface area contributed by atoms with Crippen LogP contribution in [-0.2, 0) is 9.30 Å². The molecule has 0 amide bonds. The van der Waals surface area contributed by atoms with E-state index in [1.165, 1.54) is 0 Å². The van der Waals surface area contributed by atoms with Gasteiger partial charge in [0.05, 0.1) is 43.8 Å². The summed E-state index contributed by atoms with van der Waals surface area (Å²) in [6, 6.07) is 12.3. The van der Waals surface area contributed by atoms with Crippen molar-refractivity contribution in [3.8, 4) is 11.5 Å². The summed E-state index contributed by atoms with van der Waals surface area (Å²) in [7, 11) is 0.829. The van der Waals surface area contributed by atoms with Crippen molar-refractivity contribution in [3.05, 3.63) is 47.6 Å². The number of hydrogen-bond donors (Lipinski definition) is 3. The monoisotopic (exact) mass is 602 g/mol. The van der Waals surface area contributed by atoms with Gasteiger partial charge < -0.3 is 39.6 Å². The third-order valence-electron chi connectivity index (χ3n) is 7.78. The number of aliphatic imine (C=N–C) groups is 1. The Morgan fingerprint density at radius 2 is 1.68 bits per heavy atom. The van der Waals surface area contributed by atoms with Gasteiger partial charge in [-0.15, -0.1) is 0 Å². The van der Waals surface area contributed by atoms with Crippen LogP contribution < -0.4 is 35.6 Å². The minimum atomic E-state index is -2.43. The SMILES string of the molecule is COc1cc(P(C)(C)=O)ccc1NC1=NC(Nc2ccc(N3CCC(N4CCOCC4)CC3)cc2OC)NC=C1Cl. The number of benzene rings is 2. The number of rotatable bonds is 8. The molecular weight excluding hydrogens is 563 g/mol. The standard InChI is InChI=1S/C29H40ClN6O4P/c1-38-26-17-21(35-11-9-20(10-12-35)36-13-15-40-16-14-36)5-7-25(26)33-29-31-19-23(30)28(34-29)32-24-8-6-22(41(3,4)37)18-27(24)39-2/h5-8,17-20,29,31,33H,9-16H2,1-4H3,(H,32,34). The maximum absolute atomic E-state index is 12.5. The number of nitrogens with one attached hydrogen (secondary N) is 3. The first-order chi connectivity index (χ1) is 19.7. The Labute approximate surface area is 247 Å². The fourth-order valence-corrected chi connectivity index (χ4v) is 6.46. The zero-order valence-electron chi connectivity index (χ0n) is 24.2. The van der Waals surface area contributed by atoms with Crippen LogP contribution in [0.25, 0.3) is 0 Å². The first kappa shape index (κ1) is 29.6. The normalized spacial score (nSPS) is 20.5. The van der Waals surface area contributed by atoms with E-state index in [0.717, 1.165) is 74.7 Å². The second-order valence-electron chi connectivity index (χ2n) is 10.8. The third-order valence-corrected chi connectivity index (χ3v) is 9.59. The van der Waals surface area contributed by atoms with E-state index in [4.69, 9.17) is 30.8 Å². The predicted molar refractivity (Wildman–Crippen MR) is 168 cm³/mol. The Hall–Kier alpha value is -2.91. The minimum Gasteiger partial charge on any atom is -0.495 e. The number of anilines is 3. The van der Waals surface area contributed by atoms with E-state index in [0.29, 0.717) is 28.3 Å². The van der Waals surface area contributed by atoms with Crippen LogP contribution in [0.2, 0.25) is 0 Å². The van der Waals surface area contributed by atoms with Gasteiger partial charge in [0, 0.05) is 55.5 Å². The molecular formula is C29H40ClN6O4P. The van der Waals surface area contributed by atoms with Gasteiger partial charge in [-0.25, -0.2) is 4.99 Å². The molecule has 0 aliphatic carbocycles. The second-order valence-corrected chi connectivity index (χ2v) is 14.4. The molecule has 2 aromatic rings. The van der Waals surface area contributed by atoms with Crippen molar-refractivity contribution in [2.24, 2.45) is 4.99 Å². The van der Waals surface area contributed by atoms with Gasteiger partial charge in [0.25, 0.3) is 0 Å². The topological polar surface area (TPSA) is 99.7 Å². The van der Waals surface area contributed by atoms with Gasteiger partial charge >= 0.3 is 0 Å². The Balaban J connectivity index is 1.25. The lowest BCUT2D eigenvalue weighted by Gasteiger charge is -2.41. The first-order valence-corrected chi connectivity index (χ1v) is 16.9. The lowest BCUT2D eigenvalue weighted by Crippen LogP contribution is -2.49. The molecule has 0 radical (unpaired) electrons. The fourth-order valence-electron chi connectivity index (χ4n) is 5.44. The highest BCUT2D eigenvalue weighted by molar-refractivity contribution is 7.70. The zero-order valence-corrected chi connectivity index (χ0v) is 25.8. The molecule has 2 saturated heterocycles. The second kappa shape index (κ2) is 12.9. The van der Waals surface area contributed by atoms with E-state index < -0.39 is 13.4 Å². The molecule has 0 bridgehead atoms. The van der Waals surface area contributed by atoms with Crippen LogP contribution in [-0.4, -0.2) is 90.0 Å². The summed E-state index contributed by atoms with van der Waals surface area (Å²) in [5.74, 6) is 1.78. The number of ether oxygens (including phenoxy) is 3. The number of piperidine rings is 1. The highest BCUT2D eigenvalue weighted by Gasteiger charge is 2.26. The molecule has 1 atom stereocenters. The number of amidine groups is 1. The Morgan fingerprint density at radius 1 is 1.00 bits per heavy atom. The Morgan fingerprint density at radius 3 is 2.37 bits per heavy atom. The van der Waals surface area contributed by atoms with Crippen LogP contribution in [0.5, 0.6) is 11.5 Å². The van der Waals surface area contributed by atoms with Crippen molar-refractivity contribution in [3.63, 3.8) is 0 Å². The largest absolute Gasteiger partial charge is 0.495 e. The van der Waals surface area contributed by atoms with E-state index in [1.54, 1.807) is 39.8 Å². The Bertz CT molecular complexity index is 1330. The molecule has 3 heterocycles. The molecule has 12 heteroatoms. The minimum absolute atomic E-state index is 0.425. The fraction of sp³-hybridized carbons (Fsp3) is 0.483. The molecule has 0 saturated carbocycles. The summed E-state index contributed by atoms with van der Waals surface area (Å²) in [6.45, 7) is 9.26. The van der Waals surface area contributed by atoms with Gasteiger partial charge in [0.15, 0.2) is 6.29 Å². The number of nitrogens with zero attached hydrogens (tertiary/aromatic N) is 3. The van der Waals surface area contributed by atoms with Crippen molar-refractivity contribution in [1.82, 2.24) is 10.2 Å². The van der Waals surface area contributed by atoms with Crippen molar-refractivity contribution in [2.45, 2.75) is 25.2 Å². The van der Waals surface area contributed by atoms with Crippen molar-refractivity contribution < 1.29 is 18.8 Å². The molecule has 1 unspecified atom stereocenters. The molecule has 5 rings (SSSR count). The molecule has 3 aliphatic heterocycles. The molecule has 0 spiro atoms. The van der Waals surface area contributed by atoms with E-state index in [-0.39, 0.29) is 0 Å². The highest BCUT2D eigenvalue weighted by Crippen LogP contribution is 2.38. The van der Waals surface area contributed by atoms with E-state index >= 15 is 0 Å². The number of morpholine rings is 1. The quantitative estimate of drug-likeness (QED) is 0.385. The van der Waals surface area contributed by atoms with Crippen LogP contribution in [0.1, 0.15) is 12.8 Å². The molecule has 41 heavy (non-hydrogen) atoms. The Kier molecular flexibility index (Phi) is 9.34. The predicted octanol–water partition coefficient (Wildman–Crippen LogP) is 4.14. The lowest BCUT2D eigenvalue weighted by molar-refractivity contribution is 0.0115. The van der Waals surface area contributed by atoms with Crippen molar-refractivity contribution in [1.29, 1.82) is 0 Å². The average Bonchev–Trinajstić information content (AvgIpc) is 2.99. The molecule has 10 nitrogen and oxygen atoms in total. The van der Waals surface area contributed by atoms with Gasteiger partial charge in [-0.2, -0.15) is 0 Å². The molecule has 3 N–H and O–H groups in total. The summed E-state index contributed by atoms with van der Waals surface area (Å²) in [4.78, 5) is 9.74. The van der Waals surface area contributed by atoms with Crippen LogP contribution >= 0.6 is 18.7 Å². The van der Waals surface area contributed by atoms with Crippen molar-refractivity contribution >= 4 is 46.9 Å². The van der Waals surface area contributed by atoms with Gasteiger partial charge in [-0.1, -0.05) is 11.6 Å². The van der Waals surface area contributed by atoms with E-state index in [2.05, 4.69) is 37.9 Å². The van der Waals surface area contributed by atoms with E-state index in [9.17, 15) is 4.57 Å². The smallest absolute Gasteiger partial charge is 0.196 e. The number of methoxy groups -OCH3 is 2. The zero-order chi connectivity index (χ0) is 29.0. The van der Waals surface area contributed by atoms with Crippen molar-refractivity contribution in [2.75, 3.05) is 82.5 Å². The molecule has 222 valence electrons. The molecule has 2 aromatic carbocycles. The number of halogens is 1. The number of hydrogen-bond acceptors (Lipinski definition) is 10. The summed E-state index contributed by atoms with van der Waals surface area (Å²) >= 11 is 6.48. The highest BCUT2D eigenvalue weighted by atomic mass is 35.5. The van der Waals surface area contributed by atoms with Gasteiger partial charge in [0.1, 0.15) is 24.5 Å². The maximum atomic E-state index is 12.5.